The van der Waals surface area contributed by atoms with Crippen LogP contribution >= 0.6 is 0 Å². The topological polar surface area (TPSA) is 52.9 Å². The largest absolute Gasteiger partial charge is 0.353 e. The van der Waals surface area contributed by atoms with Gasteiger partial charge in [0.25, 0.3) is 0 Å². The summed E-state index contributed by atoms with van der Waals surface area (Å²) in [6.07, 6.45) is 2.84. The first kappa shape index (κ1) is 17.6. The first-order valence-electron chi connectivity index (χ1n) is 9.39. The zero-order valence-electron chi connectivity index (χ0n) is 15.7. The molecule has 6 nitrogen and oxygen atoms in total. The normalized spacial score (nSPS) is 15.6. The number of hydrogen-bond donors (Lipinski definition) is 1. The summed E-state index contributed by atoms with van der Waals surface area (Å²) in [5.41, 5.74) is 2.51. The fraction of sp³-hybridized carbons (Fsp3) is 0.400. The minimum absolute atomic E-state index is 0.0202. The third-order valence-corrected chi connectivity index (χ3v) is 4.90. The van der Waals surface area contributed by atoms with Crippen LogP contribution in [0.15, 0.2) is 36.5 Å². The van der Waals surface area contributed by atoms with Crippen LogP contribution in [0.5, 0.6) is 0 Å². The van der Waals surface area contributed by atoms with Crippen molar-refractivity contribution in [3.63, 3.8) is 0 Å². The fourth-order valence-corrected chi connectivity index (χ4v) is 3.64. The maximum absolute atomic E-state index is 13.7. The van der Waals surface area contributed by atoms with E-state index in [-0.39, 0.29) is 17.9 Å². The molecule has 1 saturated heterocycles. The number of carbonyl (C=O) groups is 1. The van der Waals surface area contributed by atoms with E-state index in [9.17, 15) is 9.18 Å². The molecule has 4 rings (SSSR count). The van der Waals surface area contributed by atoms with E-state index in [4.69, 9.17) is 4.98 Å². The van der Waals surface area contributed by atoms with Gasteiger partial charge >= 0.3 is 6.03 Å². The number of anilines is 1. The predicted molar refractivity (Wildman–Crippen MR) is 105 cm³/mol. The highest BCUT2D eigenvalue weighted by molar-refractivity contribution is 5.85. The summed E-state index contributed by atoms with van der Waals surface area (Å²) < 4.78 is 15.8. The first-order chi connectivity index (χ1) is 13.0. The van der Waals surface area contributed by atoms with Gasteiger partial charge in [-0.3, -0.25) is 0 Å². The summed E-state index contributed by atoms with van der Waals surface area (Å²) in [4.78, 5) is 21.1. The van der Waals surface area contributed by atoms with Gasteiger partial charge in [-0.05, 0) is 44.5 Å². The first-order valence-corrected chi connectivity index (χ1v) is 9.39. The van der Waals surface area contributed by atoms with Gasteiger partial charge in [0, 0.05) is 44.5 Å². The summed E-state index contributed by atoms with van der Waals surface area (Å²) in [5, 5.41) is 2.96. The number of fused-ring (bicyclic) bond motifs is 3. The Morgan fingerprint density at radius 2 is 2.00 bits per heavy atom. The number of urea groups is 1. The molecule has 1 N–H and O–H groups in total. The van der Waals surface area contributed by atoms with Crippen molar-refractivity contribution in [2.24, 2.45) is 0 Å². The summed E-state index contributed by atoms with van der Waals surface area (Å²) in [6.45, 7) is 6.77. The number of halogens is 1. The third-order valence-electron chi connectivity index (χ3n) is 4.90. The summed E-state index contributed by atoms with van der Waals surface area (Å²) in [5.74, 6) is 0.545. The minimum atomic E-state index is -0.292. The molecular weight excluding hydrogens is 345 g/mol. The molecule has 2 amide bonds. The molecule has 7 heteroatoms. The SMILES string of the molecule is CC(C)NC(=O)N1CCCN(c2nc3cc(F)ccc3n3cccc23)CC1. The van der Waals surface area contributed by atoms with Crippen LogP contribution in [0.25, 0.3) is 16.6 Å². The van der Waals surface area contributed by atoms with Gasteiger partial charge in [0.1, 0.15) is 5.82 Å². The van der Waals surface area contributed by atoms with Crippen LogP contribution in [0, 0.1) is 5.82 Å². The molecule has 1 fully saturated rings. The lowest BCUT2D eigenvalue weighted by Crippen LogP contribution is -2.44. The van der Waals surface area contributed by atoms with E-state index >= 15 is 0 Å². The number of nitrogens with zero attached hydrogens (tertiary/aromatic N) is 4. The highest BCUT2D eigenvalue weighted by atomic mass is 19.1. The molecule has 3 heterocycles. The Labute approximate surface area is 157 Å². The van der Waals surface area contributed by atoms with Gasteiger partial charge in [0.15, 0.2) is 5.82 Å². The maximum atomic E-state index is 13.7. The number of rotatable bonds is 2. The molecule has 0 aliphatic carbocycles. The van der Waals surface area contributed by atoms with Crippen molar-refractivity contribution < 1.29 is 9.18 Å². The van der Waals surface area contributed by atoms with Crippen molar-refractivity contribution in [1.29, 1.82) is 0 Å². The lowest BCUT2D eigenvalue weighted by molar-refractivity contribution is 0.199. The highest BCUT2D eigenvalue weighted by Crippen LogP contribution is 2.26. The molecule has 0 spiro atoms. The average molecular weight is 369 g/mol. The molecule has 0 saturated carbocycles. The lowest BCUT2D eigenvalue weighted by atomic mass is 10.2. The highest BCUT2D eigenvalue weighted by Gasteiger charge is 2.22. The quantitative estimate of drug-likeness (QED) is 0.754. The van der Waals surface area contributed by atoms with Crippen LogP contribution in [0.3, 0.4) is 0 Å². The van der Waals surface area contributed by atoms with E-state index in [1.807, 2.05) is 41.5 Å². The van der Waals surface area contributed by atoms with Crippen molar-refractivity contribution in [3.8, 4) is 0 Å². The number of amides is 2. The number of carbonyl (C=O) groups excluding carboxylic acids is 1. The van der Waals surface area contributed by atoms with E-state index in [2.05, 4.69) is 10.2 Å². The van der Waals surface area contributed by atoms with E-state index in [1.165, 1.54) is 12.1 Å². The Morgan fingerprint density at radius 3 is 2.81 bits per heavy atom. The van der Waals surface area contributed by atoms with E-state index in [0.717, 1.165) is 29.8 Å². The molecule has 1 aliphatic heterocycles. The lowest BCUT2D eigenvalue weighted by Gasteiger charge is -2.24. The molecule has 0 atom stereocenters. The third kappa shape index (κ3) is 3.41. The fourth-order valence-electron chi connectivity index (χ4n) is 3.64. The number of nitrogens with one attached hydrogen (secondary N) is 1. The van der Waals surface area contributed by atoms with Gasteiger partial charge in [0.2, 0.25) is 0 Å². The zero-order chi connectivity index (χ0) is 19.0. The van der Waals surface area contributed by atoms with E-state index in [1.54, 1.807) is 6.07 Å². The summed E-state index contributed by atoms with van der Waals surface area (Å²) >= 11 is 0. The van der Waals surface area contributed by atoms with Gasteiger partial charge < -0.3 is 19.5 Å². The number of hydrogen-bond acceptors (Lipinski definition) is 3. The standard InChI is InChI=1S/C20H24FN5O/c1-14(2)22-20(27)25-9-4-8-24(11-12-25)19-18-5-3-10-26(18)17-7-6-15(21)13-16(17)23-19/h3,5-7,10,13-14H,4,8-9,11-12H2,1-2H3,(H,22,27). The Balaban J connectivity index is 1.65. The van der Waals surface area contributed by atoms with Crippen LogP contribution in [0.2, 0.25) is 0 Å². The van der Waals surface area contributed by atoms with Crippen molar-refractivity contribution in [1.82, 2.24) is 19.6 Å². The number of benzene rings is 1. The smallest absolute Gasteiger partial charge is 0.317 e. The van der Waals surface area contributed by atoms with E-state index < -0.39 is 0 Å². The second-order valence-corrected chi connectivity index (χ2v) is 7.26. The van der Waals surface area contributed by atoms with Crippen LogP contribution < -0.4 is 10.2 Å². The van der Waals surface area contributed by atoms with Crippen LogP contribution in [0.1, 0.15) is 20.3 Å². The van der Waals surface area contributed by atoms with Gasteiger partial charge in [-0.1, -0.05) is 0 Å². The van der Waals surface area contributed by atoms with Crippen molar-refractivity contribution in [3.05, 3.63) is 42.3 Å². The van der Waals surface area contributed by atoms with Crippen LogP contribution in [-0.2, 0) is 0 Å². The van der Waals surface area contributed by atoms with E-state index in [0.29, 0.717) is 25.2 Å². The molecular formula is C20H24FN5O. The zero-order valence-corrected chi connectivity index (χ0v) is 15.7. The van der Waals surface area contributed by atoms with Gasteiger partial charge in [-0.15, -0.1) is 0 Å². The summed E-state index contributed by atoms with van der Waals surface area (Å²) in [6, 6.07) is 8.79. The van der Waals surface area contributed by atoms with Crippen molar-refractivity contribution in [2.75, 3.05) is 31.1 Å². The summed E-state index contributed by atoms with van der Waals surface area (Å²) in [7, 11) is 0. The second kappa shape index (κ2) is 7.06. The monoisotopic (exact) mass is 369 g/mol. The molecule has 0 bridgehead atoms. The Hall–Kier alpha value is -2.83. The Bertz CT molecular complexity index is 983. The molecule has 142 valence electrons. The minimum Gasteiger partial charge on any atom is -0.353 e. The Morgan fingerprint density at radius 1 is 1.15 bits per heavy atom. The average Bonchev–Trinajstić information content (AvgIpc) is 2.98. The second-order valence-electron chi connectivity index (χ2n) is 7.26. The van der Waals surface area contributed by atoms with Gasteiger partial charge in [0.05, 0.1) is 16.6 Å². The maximum Gasteiger partial charge on any atom is 0.317 e. The molecule has 27 heavy (non-hydrogen) atoms. The molecule has 1 aromatic carbocycles. The van der Waals surface area contributed by atoms with Gasteiger partial charge in [-0.2, -0.15) is 0 Å². The predicted octanol–water partition coefficient (Wildman–Crippen LogP) is 3.26. The van der Waals surface area contributed by atoms with Crippen LogP contribution in [-0.4, -0.2) is 52.5 Å². The molecule has 0 radical (unpaired) electrons. The molecule has 1 aliphatic rings. The molecule has 3 aromatic rings. The van der Waals surface area contributed by atoms with Crippen LogP contribution in [0.4, 0.5) is 15.0 Å². The van der Waals surface area contributed by atoms with Crippen molar-refractivity contribution in [2.45, 2.75) is 26.3 Å². The molecule has 2 aromatic heterocycles. The molecule has 0 unspecified atom stereocenters. The van der Waals surface area contributed by atoms with Gasteiger partial charge in [-0.25, -0.2) is 14.2 Å². The Kier molecular flexibility index (Phi) is 4.59. The van der Waals surface area contributed by atoms with Crippen molar-refractivity contribution >= 4 is 28.4 Å². The number of aromatic nitrogens is 2.